The molecule has 2 heterocycles. The molecule has 1 aliphatic heterocycles. The zero-order valence-electron chi connectivity index (χ0n) is 18.8. The molecule has 1 aliphatic carbocycles. The molecule has 3 aromatic carbocycles. The quantitative estimate of drug-likeness (QED) is 0.293. The number of hydrogen-bond donors (Lipinski definition) is 0. The number of thiazole rings is 1. The predicted molar refractivity (Wildman–Crippen MR) is 148 cm³/mol. The molecule has 2 aliphatic rings. The van der Waals surface area contributed by atoms with Crippen LogP contribution in [0, 0.1) is 0 Å². The van der Waals surface area contributed by atoms with Gasteiger partial charge in [0.2, 0.25) is 0 Å². The van der Waals surface area contributed by atoms with Crippen LogP contribution in [0.2, 0.25) is 0 Å². The summed E-state index contributed by atoms with van der Waals surface area (Å²) in [6.45, 7) is 0. The van der Waals surface area contributed by atoms with E-state index in [0.717, 1.165) is 49.2 Å². The van der Waals surface area contributed by atoms with Crippen LogP contribution >= 0.6 is 43.2 Å². The van der Waals surface area contributed by atoms with Crippen molar-refractivity contribution in [1.29, 1.82) is 0 Å². The Kier molecular flexibility index (Phi) is 5.87. The number of ether oxygens (including phenoxy) is 1. The fourth-order valence-electron chi connectivity index (χ4n) is 4.89. The maximum atomic E-state index is 13.8. The van der Waals surface area contributed by atoms with E-state index in [-0.39, 0.29) is 11.6 Å². The molecule has 0 saturated heterocycles. The molecule has 0 fully saturated rings. The highest BCUT2D eigenvalue weighted by molar-refractivity contribution is 9.10. The molecule has 4 nitrogen and oxygen atoms in total. The Morgan fingerprint density at radius 2 is 1.86 bits per heavy atom. The summed E-state index contributed by atoms with van der Waals surface area (Å²) in [6, 6.07) is 22.4. The van der Waals surface area contributed by atoms with Crippen LogP contribution in [0.15, 0.2) is 91.0 Å². The molecule has 6 rings (SSSR count). The number of aryl methyl sites for hydroxylation is 1. The number of nitrogens with zero attached hydrogens (tertiary/aromatic N) is 2. The molecule has 4 aromatic rings. The Hall–Kier alpha value is -2.74. The van der Waals surface area contributed by atoms with Crippen LogP contribution in [0.5, 0.6) is 5.75 Å². The van der Waals surface area contributed by atoms with Gasteiger partial charge in [-0.1, -0.05) is 69.7 Å². The first-order chi connectivity index (χ1) is 17.0. The number of halogens is 2. The number of fused-ring (bicyclic) bond motifs is 3. The molecule has 35 heavy (non-hydrogen) atoms. The smallest absolute Gasteiger partial charge is 0.271 e. The van der Waals surface area contributed by atoms with Crippen LogP contribution in [0.3, 0.4) is 0 Å². The Labute approximate surface area is 223 Å². The van der Waals surface area contributed by atoms with Gasteiger partial charge in [0.15, 0.2) is 4.80 Å². The fraction of sp³-hybridized carbons (Fsp3) is 0.143. The molecule has 1 aromatic heterocycles. The Balaban J connectivity index is 1.59. The third kappa shape index (κ3) is 3.96. The van der Waals surface area contributed by atoms with Crippen molar-refractivity contribution in [3.05, 3.63) is 123 Å². The van der Waals surface area contributed by atoms with Crippen molar-refractivity contribution in [2.24, 2.45) is 4.99 Å². The van der Waals surface area contributed by atoms with E-state index >= 15 is 0 Å². The lowest BCUT2D eigenvalue weighted by Crippen LogP contribution is -2.38. The van der Waals surface area contributed by atoms with Gasteiger partial charge in [0.25, 0.3) is 5.56 Å². The van der Waals surface area contributed by atoms with Crippen LogP contribution in [0.25, 0.3) is 11.8 Å². The number of methoxy groups -OCH3 is 1. The monoisotopic (exact) mass is 606 g/mol. The lowest BCUT2D eigenvalue weighted by Gasteiger charge is -2.30. The number of allylic oxidation sites excluding steroid dienone is 1. The molecule has 0 N–H and O–H groups in total. The maximum absolute atomic E-state index is 13.8. The highest BCUT2D eigenvalue weighted by Crippen LogP contribution is 2.41. The molecule has 7 heteroatoms. The molecule has 0 spiro atoms. The Morgan fingerprint density at radius 3 is 2.63 bits per heavy atom. The fourth-order valence-corrected chi connectivity index (χ4v) is 6.71. The molecule has 0 amide bonds. The second kappa shape index (κ2) is 9.04. The van der Waals surface area contributed by atoms with E-state index in [1.54, 1.807) is 7.11 Å². The predicted octanol–water partition coefficient (Wildman–Crippen LogP) is 5.85. The third-order valence-electron chi connectivity index (χ3n) is 6.53. The summed E-state index contributed by atoms with van der Waals surface area (Å²) >= 11 is 8.54. The normalized spacial score (nSPS) is 16.9. The van der Waals surface area contributed by atoms with E-state index in [0.29, 0.717) is 4.53 Å². The minimum Gasteiger partial charge on any atom is -0.496 e. The number of benzene rings is 3. The summed E-state index contributed by atoms with van der Waals surface area (Å²) in [5, 5.41) is 0. The van der Waals surface area contributed by atoms with Crippen LogP contribution in [-0.4, -0.2) is 11.7 Å². The van der Waals surface area contributed by atoms with Crippen molar-refractivity contribution in [3.8, 4) is 5.75 Å². The van der Waals surface area contributed by atoms with Gasteiger partial charge in [0.05, 0.1) is 27.9 Å². The molecule has 0 radical (unpaired) electrons. The lowest BCUT2D eigenvalue weighted by atomic mass is 9.83. The van der Waals surface area contributed by atoms with Crippen molar-refractivity contribution >= 4 is 55.0 Å². The molecule has 0 saturated carbocycles. The standard InChI is InChI=1S/C28H20Br2N2O2S/c1-34-23-13-6-16(14-22(23)30)15-24-27(33)32-26(18-7-10-19(29)11-8-18)21-12-9-17-4-2-3-5-20(17)25(21)31-28(32)35-24/h2-8,10-11,13-15,26H,9,12H2,1H3/b24-15-/t26-/m0/s1. The highest BCUT2D eigenvalue weighted by atomic mass is 79.9. The molecule has 0 bridgehead atoms. The van der Waals surface area contributed by atoms with Crippen molar-refractivity contribution in [2.75, 3.05) is 7.11 Å². The number of aromatic nitrogens is 1. The molecule has 0 unspecified atom stereocenters. The van der Waals surface area contributed by atoms with Gasteiger partial charge < -0.3 is 4.74 Å². The van der Waals surface area contributed by atoms with Crippen LogP contribution in [0.1, 0.15) is 34.7 Å². The topological polar surface area (TPSA) is 43.6 Å². The SMILES string of the molecule is COc1ccc(/C=c2\sc3n(c2=O)[C@@H](c2ccc(Br)cc2)C2=C(N=3)c3ccccc3CC2)cc1Br. The highest BCUT2D eigenvalue weighted by Gasteiger charge is 2.32. The maximum Gasteiger partial charge on any atom is 0.271 e. The lowest BCUT2D eigenvalue weighted by molar-refractivity contribution is 0.412. The zero-order valence-corrected chi connectivity index (χ0v) is 22.8. The van der Waals surface area contributed by atoms with E-state index in [1.165, 1.54) is 28.0 Å². The first-order valence-corrected chi connectivity index (χ1v) is 13.7. The summed E-state index contributed by atoms with van der Waals surface area (Å²) < 4.78 is 9.75. The molecule has 1 atom stereocenters. The van der Waals surface area contributed by atoms with Gasteiger partial charge in [-0.3, -0.25) is 9.36 Å². The summed E-state index contributed by atoms with van der Waals surface area (Å²) in [4.78, 5) is 19.6. The second-order valence-corrected chi connectivity index (χ2v) is 11.3. The van der Waals surface area contributed by atoms with Crippen LogP contribution in [-0.2, 0) is 6.42 Å². The average molecular weight is 608 g/mol. The molecular weight excluding hydrogens is 588 g/mol. The summed E-state index contributed by atoms with van der Waals surface area (Å²) in [5.41, 5.74) is 6.71. The van der Waals surface area contributed by atoms with Gasteiger partial charge in [0, 0.05) is 10.0 Å². The van der Waals surface area contributed by atoms with Gasteiger partial charge in [-0.2, -0.15) is 0 Å². The van der Waals surface area contributed by atoms with Crippen molar-refractivity contribution < 1.29 is 4.74 Å². The van der Waals surface area contributed by atoms with Gasteiger partial charge in [0.1, 0.15) is 5.75 Å². The van der Waals surface area contributed by atoms with Crippen LogP contribution < -0.4 is 19.6 Å². The first-order valence-electron chi connectivity index (χ1n) is 11.3. The molecular formula is C28H20Br2N2O2S. The van der Waals surface area contributed by atoms with E-state index in [4.69, 9.17) is 9.73 Å². The average Bonchev–Trinajstić information content (AvgIpc) is 3.18. The van der Waals surface area contributed by atoms with Gasteiger partial charge in [-0.25, -0.2) is 4.99 Å². The summed E-state index contributed by atoms with van der Waals surface area (Å²) in [5.74, 6) is 0.755. The Morgan fingerprint density at radius 1 is 1.06 bits per heavy atom. The molecule has 174 valence electrons. The van der Waals surface area contributed by atoms with Crippen molar-refractivity contribution in [1.82, 2.24) is 4.57 Å². The van der Waals surface area contributed by atoms with E-state index in [1.807, 2.05) is 41.0 Å². The van der Waals surface area contributed by atoms with E-state index in [2.05, 4.69) is 68.3 Å². The first kappa shape index (κ1) is 22.7. The zero-order chi connectivity index (χ0) is 24.1. The summed E-state index contributed by atoms with van der Waals surface area (Å²) in [7, 11) is 1.64. The van der Waals surface area contributed by atoms with Gasteiger partial charge in [-0.05, 0) is 81.4 Å². The van der Waals surface area contributed by atoms with Crippen molar-refractivity contribution in [3.63, 3.8) is 0 Å². The summed E-state index contributed by atoms with van der Waals surface area (Å²) in [6.07, 6.45) is 3.76. The second-order valence-electron chi connectivity index (χ2n) is 8.56. The van der Waals surface area contributed by atoms with Crippen molar-refractivity contribution in [2.45, 2.75) is 18.9 Å². The van der Waals surface area contributed by atoms with E-state index in [9.17, 15) is 4.79 Å². The minimum absolute atomic E-state index is 0.0148. The van der Waals surface area contributed by atoms with Gasteiger partial charge >= 0.3 is 0 Å². The minimum atomic E-state index is -0.174. The Bertz CT molecular complexity index is 1680. The van der Waals surface area contributed by atoms with E-state index < -0.39 is 0 Å². The number of rotatable bonds is 3. The third-order valence-corrected chi connectivity index (χ3v) is 8.66. The van der Waals surface area contributed by atoms with Gasteiger partial charge in [-0.15, -0.1) is 0 Å². The van der Waals surface area contributed by atoms with Crippen LogP contribution in [0.4, 0.5) is 0 Å². The number of hydrogen-bond acceptors (Lipinski definition) is 4. The largest absolute Gasteiger partial charge is 0.496 e.